The van der Waals surface area contributed by atoms with Gasteiger partial charge in [0.25, 0.3) is 0 Å². The summed E-state index contributed by atoms with van der Waals surface area (Å²) in [6.45, 7) is 2.39. The van der Waals surface area contributed by atoms with Gasteiger partial charge in [0.15, 0.2) is 0 Å². The third kappa shape index (κ3) is 2.33. The van der Waals surface area contributed by atoms with Crippen molar-refractivity contribution in [1.82, 2.24) is 5.32 Å². The molecule has 2 rings (SSSR count). The van der Waals surface area contributed by atoms with Gasteiger partial charge in [-0.15, -0.1) is 0 Å². The van der Waals surface area contributed by atoms with Crippen LogP contribution in [0, 0.1) is 0 Å². The molecule has 0 radical (unpaired) electrons. The van der Waals surface area contributed by atoms with Crippen molar-refractivity contribution in [3.05, 3.63) is 29.3 Å². The molecule has 0 aliphatic carbocycles. The molecule has 0 fully saturated rings. The Morgan fingerprint density at radius 1 is 1.62 bits per heavy atom. The highest BCUT2D eigenvalue weighted by Gasteiger charge is 2.15. The summed E-state index contributed by atoms with van der Waals surface area (Å²) in [5.41, 5.74) is 1.94. The number of carbonyl (C=O) groups excluding carboxylic acids is 1. The van der Waals surface area contributed by atoms with Crippen molar-refractivity contribution in [3.8, 4) is 5.75 Å². The standard InChI is InChI=1S/C12H15NO3/c1-8(14)13-7-11(15)9-2-3-12-10(6-9)4-5-16-12/h2-3,6,11,15H,4-5,7H2,1H3,(H,13,14). The molecule has 0 bridgehead atoms. The van der Waals surface area contributed by atoms with Crippen LogP contribution in [-0.4, -0.2) is 24.2 Å². The SMILES string of the molecule is CC(=O)NCC(O)c1ccc2c(c1)CCO2. The maximum absolute atomic E-state index is 10.7. The second-order valence-electron chi connectivity index (χ2n) is 3.92. The number of carbonyl (C=O) groups is 1. The lowest BCUT2D eigenvalue weighted by Gasteiger charge is -2.12. The molecule has 0 spiro atoms. The third-order valence-corrected chi connectivity index (χ3v) is 2.64. The van der Waals surface area contributed by atoms with Gasteiger partial charge in [0, 0.05) is 19.9 Å². The van der Waals surface area contributed by atoms with Crippen LogP contribution < -0.4 is 10.1 Å². The summed E-state index contributed by atoms with van der Waals surface area (Å²) < 4.78 is 5.38. The minimum atomic E-state index is -0.658. The van der Waals surface area contributed by atoms with Gasteiger partial charge in [0.1, 0.15) is 5.75 Å². The summed E-state index contributed by atoms with van der Waals surface area (Å²) in [6, 6.07) is 5.64. The topological polar surface area (TPSA) is 58.6 Å². The first-order valence-corrected chi connectivity index (χ1v) is 5.35. The smallest absolute Gasteiger partial charge is 0.216 e. The molecule has 0 saturated heterocycles. The molecular weight excluding hydrogens is 206 g/mol. The van der Waals surface area contributed by atoms with Gasteiger partial charge in [-0.1, -0.05) is 6.07 Å². The van der Waals surface area contributed by atoms with Crippen molar-refractivity contribution in [2.45, 2.75) is 19.4 Å². The lowest BCUT2D eigenvalue weighted by molar-refractivity contribution is -0.119. The van der Waals surface area contributed by atoms with Crippen LogP contribution in [0.4, 0.5) is 0 Å². The van der Waals surface area contributed by atoms with E-state index in [1.165, 1.54) is 6.92 Å². The molecule has 4 heteroatoms. The molecule has 1 aliphatic rings. The van der Waals surface area contributed by atoms with E-state index in [0.717, 1.165) is 23.3 Å². The molecule has 4 nitrogen and oxygen atoms in total. The Morgan fingerprint density at radius 3 is 3.19 bits per heavy atom. The molecule has 1 atom stereocenters. The summed E-state index contributed by atoms with van der Waals surface area (Å²) in [5, 5.41) is 12.4. The fraction of sp³-hybridized carbons (Fsp3) is 0.417. The molecule has 1 amide bonds. The van der Waals surface area contributed by atoms with E-state index in [1.54, 1.807) is 0 Å². The minimum Gasteiger partial charge on any atom is -0.493 e. The monoisotopic (exact) mass is 221 g/mol. The Labute approximate surface area is 94.2 Å². The highest BCUT2D eigenvalue weighted by atomic mass is 16.5. The first kappa shape index (κ1) is 11.0. The van der Waals surface area contributed by atoms with Crippen LogP contribution in [0.3, 0.4) is 0 Å². The van der Waals surface area contributed by atoms with Crippen LogP contribution in [-0.2, 0) is 11.2 Å². The Hall–Kier alpha value is -1.55. The molecule has 0 aromatic heterocycles. The van der Waals surface area contributed by atoms with Gasteiger partial charge in [-0.05, 0) is 23.3 Å². The molecule has 0 saturated carbocycles. The number of nitrogens with one attached hydrogen (secondary N) is 1. The van der Waals surface area contributed by atoms with Gasteiger partial charge in [-0.25, -0.2) is 0 Å². The fourth-order valence-electron chi connectivity index (χ4n) is 1.77. The number of rotatable bonds is 3. The number of fused-ring (bicyclic) bond motifs is 1. The Kier molecular flexibility index (Phi) is 3.10. The average Bonchev–Trinajstić information content (AvgIpc) is 2.72. The molecule has 1 heterocycles. The van der Waals surface area contributed by atoms with Crippen LogP contribution in [0.1, 0.15) is 24.2 Å². The number of aliphatic hydroxyl groups is 1. The summed E-state index contributed by atoms with van der Waals surface area (Å²) in [4.78, 5) is 10.7. The molecule has 16 heavy (non-hydrogen) atoms. The van der Waals surface area contributed by atoms with Crippen LogP contribution in [0.2, 0.25) is 0 Å². The summed E-state index contributed by atoms with van der Waals surface area (Å²) >= 11 is 0. The first-order valence-electron chi connectivity index (χ1n) is 5.35. The lowest BCUT2D eigenvalue weighted by Crippen LogP contribution is -2.25. The number of amides is 1. The molecule has 2 N–H and O–H groups in total. The zero-order valence-corrected chi connectivity index (χ0v) is 9.19. The van der Waals surface area contributed by atoms with E-state index in [2.05, 4.69) is 5.32 Å². The maximum atomic E-state index is 10.7. The normalized spacial score (nSPS) is 15.1. The zero-order chi connectivity index (χ0) is 11.5. The van der Waals surface area contributed by atoms with Crippen molar-refractivity contribution >= 4 is 5.91 Å². The molecule has 1 aromatic rings. The summed E-state index contributed by atoms with van der Waals surface area (Å²) in [6.07, 6.45) is 0.227. The van der Waals surface area contributed by atoms with E-state index in [4.69, 9.17) is 4.74 Å². The lowest BCUT2D eigenvalue weighted by atomic mass is 10.0. The number of hydrogen-bond donors (Lipinski definition) is 2. The van der Waals surface area contributed by atoms with E-state index >= 15 is 0 Å². The third-order valence-electron chi connectivity index (χ3n) is 2.64. The predicted molar refractivity (Wildman–Crippen MR) is 59.3 cm³/mol. The summed E-state index contributed by atoms with van der Waals surface area (Å²) in [7, 11) is 0. The highest BCUT2D eigenvalue weighted by molar-refractivity contribution is 5.72. The minimum absolute atomic E-state index is 0.136. The zero-order valence-electron chi connectivity index (χ0n) is 9.19. The quantitative estimate of drug-likeness (QED) is 0.793. The molecule has 1 aromatic carbocycles. The van der Waals surface area contributed by atoms with E-state index in [9.17, 15) is 9.90 Å². The highest BCUT2D eigenvalue weighted by Crippen LogP contribution is 2.27. The van der Waals surface area contributed by atoms with Crippen molar-refractivity contribution in [2.24, 2.45) is 0 Å². The maximum Gasteiger partial charge on any atom is 0.216 e. The van der Waals surface area contributed by atoms with Crippen LogP contribution in [0.15, 0.2) is 18.2 Å². The van der Waals surface area contributed by atoms with Crippen molar-refractivity contribution in [1.29, 1.82) is 0 Å². The van der Waals surface area contributed by atoms with Crippen LogP contribution in [0.5, 0.6) is 5.75 Å². The Bertz CT molecular complexity index is 403. The second kappa shape index (κ2) is 4.53. The molecule has 86 valence electrons. The molecular formula is C12H15NO3. The number of benzene rings is 1. The Morgan fingerprint density at radius 2 is 2.44 bits per heavy atom. The number of hydrogen-bond acceptors (Lipinski definition) is 3. The van der Waals surface area contributed by atoms with Gasteiger partial charge in [-0.3, -0.25) is 4.79 Å². The van der Waals surface area contributed by atoms with E-state index < -0.39 is 6.10 Å². The van der Waals surface area contributed by atoms with Gasteiger partial charge in [-0.2, -0.15) is 0 Å². The van der Waals surface area contributed by atoms with E-state index in [1.807, 2.05) is 18.2 Å². The second-order valence-corrected chi connectivity index (χ2v) is 3.92. The van der Waals surface area contributed by atoms with Crippen molar-refractivity contribution in [2.75, 3.05) is 13.2 Å². The van der Waals surface area contributed by atoms with Crippen LogP contribution in [0.25, 0.3) is 0 Å². The Balaban J connectivity index is 2.06. The number of aliphatic hydroxyl groups excluding tert-OH is 1. The first-order chi connectivity index (χ1) is 7.66. The number of ether oxygens (including phenoxy) is 1. The van der Waals surface area contributed by atoms with Crippen LogP contribution >= 0.6 is 0 Å². The summed E-state index contributed by atoms with van der Waals surface area (Å²) in [5.74, 6) is 0.763. The predicted octanol–water partition coefficient (Wildman–Crippen LogP) is 0.791. The van der Waals surface area contributed by atoms with Gasteiger partial charge in [0.2, 0.25) is 5.91 Å². The molecule has 1 unspecified atom stereocenters. The largest absolute Gasteiger partial charge is 0.493 e. The van der Waals surface area contributed by atoms with Gasteiger partial charge in [0.05, 0.1) is 12.7 Å². The van der Waals surface area contributed by atoms with Gasteiger partial charge >= 0.3 is 0 Å². The van der Waals surface area contributed by atoms with Crippen molar-refractivity contribution in [3.63, 3.8) is 0 Å². The molecule has 1 aliphatic heterocycles. The van der Waals surface area contributed by atoms with Gasteiger partial charge < -0.3 is 15.2 Å². The van der Waals surface area contributed by atoms with E-state index in [-0.39, 0.29) is 12.5 Å². The van der Waals surface area contributed by atoms with E-state index in [0.29, 0.717) is 6.61 Å². The van der Waals surface area contributed by atoms with Crippen molar-refractivity contribution < 1.29 is 14.6 Å². The average molecular weight is 221 g/mol. The fourth-order valence-corrected chi connectivity index (χ4v) is 1.77.